The van der Waals surface area contributed by atoms with Crippen LogP contribution >= 0.6 is 0 Å². The van der Waals surface area contributed by atoms with Crippen molar-refractivity contribution in [3.05, 3.63) is 89.9 Å². The fraction of sp³-hybridized carbons (Fsp3) is 0.0526. The summed E-state index contributed by atoms with van der Waals surface area (Å²) in [7, 11) is 0. The van der Waals surface area contributed by atoms with E-state index in [-0.39, 0.29) is 24.2 Å². The van der Waals surface area contributed by atoms with E-state index in [0.717, 1.165) is 0 Å². The topological polar surface area (TPSA) is 51.2 Å². The van der Waals surface area contributed by atoms with Gasteiger partial charge in [-0.05, 0) is 30.3 Å². The molecule has 0 spiro atoms. The number of rotatable bonds is 5. The van der Waals surface area contributed by atoms with E-state index < -0.39 is 0 Å². The molecule has 0 fully saturated rings. The first-order chi connectivity index (χ1) is 11.7. The number of benzene rings is 2. The van der Waals surface area contributed by atoms with Crippen LogP contribution in [0.25, 0.3) is 0 Å². The Hall–Kier alpha value is -3.21. The molecule has 0 saturated carbocycles. The molecule has 1 N–H and O–H groups in total. The Balaban J connectivity index is 1.74. The normalized spacial score (nSPS) is 10.2. The summed E-state index contributed by atoms with van der Waals surface area (Å²) in [5.41, 5.74) is 1.38. The van der Waals surface area contributed by atoms with E-state index in [4.69, 9.17) is 4.74 Å². The highest BCUT2D eigenvalue weighted by Gasteiger charge is 2.11. The molecule has 0 atom stereocenters. The lowest BCUT2D eigenvalue weighted by molar-refractivity contribution is 0.102. The molecule has 0 aliphatic carbocycles. The second kappa shape index (κ2) is 7.37. The lowest BCUT2D eigenvalue weighted by Gasteiger charge is -2.11. The lowest BCUT2D eigenvalue weighted by Crippen LogP contribution is -2.13. The minimum absolute atomic E-state index is 0.0257. The number of halogens is 1. The second-order valence-electron chi connectivity index (χ2n) is 5.06. The van der Waals surface area contributed by atoms with Gasteiger partial charge in [-0.1, -0.05) is 36.4 Å². The number of pyridine rings is 1. The van der Waals surface area contributed by atoms with E-state index in [1.807, 2.05) is 6.07 Å². The molecule has 1 aromatic heterocycles. The number of hydrogen-bond acceptors (Lipinski definition) is 3. The van der Waals surface area contributed by atoms with Gasteiger partial charge in [-0.2, -0.15) is 0 Å². The Morgan fingerprint density at radius 3 is 2.54 bits per heavy atom. The van der Waals surface area contributed by atoms with Crippen LogP contribution in [-0.4, -0.2) is 10.9 Å². The standard InChI is InChI=1S/C19H15FN2O2/c20-16-10-5-4-9-15(16)13-24-19-17(11-6-12-21-19)22-18(23)14-7-2-1-3-8-14/h1-12H,13H2,(H,22,23). The van der Waals surface area contributed by atoms with Crippen molar-refractivity contribution in [1.29, 1.82) is 0 Å². The number of hydrogen-bond donors (Lipinski definition) is 1. The van der Waals surface area contributed by atoms with E-state index in [2.05, 4.69) is 10.3 Å². The van der Waals surface area contributed by atoms with Crippen molar-refractivity contribution in [2.75, 3.05) is 5.32 Å². The van der Waals surface area contributed by atoms with Gasteiger partial charge in [0, 0.05) is 17.3 Å². The highest BCUT2D eigenvalue weighted by molar-refractivity contribution is 6.04. The van der Waals surface area contributed by atoms with Crippen molar-refractivity contribution < 1.29 is 13.9 Å². The molecule has 120 valence electrons. The molecule has 0 aliphatic heterocycles. The summed E-state index contributed by atoms with van der Waals surface area (Å²) < 4.78 is 19.2. The van der Waals surface area contributed by atoms with Crippen LogP contribution in [0.2, 0.25) is 0 Å². The van der Waals surface area contributed by atoms with E-state index in [0.29, 0.717) is 16.8 Å². The van der Waals surface area contributed by atoms with Crippen molar-refractivity contribution >= 4 is 11.6 Å². The highest BCUT2D eigenvalue weighted by atomic mass is 19.1. The van der Waals surface area contributed by atoms with Crippen LogP contribution in [0.15, 0.2) is 72.9 Å². The Morgan fingerprint density at radius 2 is 1.75 bits per heavy atom. The maximum Gasteiger partial charge on any atom is 0.255 e. The number of anilines is 1. The van der Waals surface area contributed by atoms with Crippen molar-refractivity contribution in [2.24, 2.45) is 0 Å². The van der Waals surface area contributed by atoms with Crippen LogP contribution < -0.4 is 10.1 Å². The highest BCUT2D eigenvalue weighted by Crippen LogP contribution is 2.23. The fourth-order valence-corrected chi connectivity index (χ4v) is 2.15. The average molecular weight is 322 g/mol. The maximum absolute atomic E-state index is 13.7. The summed E-state index contributed by atoms with van der Waals surface area (Å²) in [4.78, 5) is 16.4. The average Bonchev–Trinajstić information content (AvgIpc) is 2.63. The van der Waals surface area contributed by atoms with Gasteiger partial charge in [0.25, 0.3) is 5.91 Å². The van der Waals surface area contributed by atoms with E-state index in [9.17, 15) is 9.18 Å². The van der Waals surface area contributed by atoms with Gasteiger partial charge in [0.1, 0.15) is 18.1 Å². The fourth-order valence-electron chi connectivity index (χ4n) is 2.15. The molecule has 0 aliphatic rings. The predicted molar refractivity (Wildman–Crippen MR) is 89.4 cm³/mol. The smallest absolute Gasteiger partial charge is 0.255 e. The Kier molecular flexibility index (Phi) is 4.81. The number of nitrogens with one attached hydrogen (secondary N) is 1. The second-order valence-corrected chi connectivity index (χ2v) is 5.06. The predicted octanol–water partition coefficient (Wildman–Crippen LogP) is 4.05. The molecule has 5 heteroatoms. The van der Waals surface area contributed by atoms with Gasteiger partial charge in [-0.15, -0.1) is 0 Å². The zero-order valence-corrected chi connectivity index (χ0v) is 12.8. The molecular formula is C19H15FN2O2. The Bertz CT molecular complexity index is 838. The van der Waals surface area contributed by atoms with Crippen molar-refractivity contribution in [2.45, 2.75) is 6.61 Å². The van der Waals surface area contributed by atoms with Crippen LogP contribution in [0.1, 0.15) is 15.9 Å². The zero-order valence-electron chi connectivity index (χ0n) is 12.8. The van der Waals surface area contributed by atoms with Gasteiger partial charge in [-0.25, -0.2) is 9.37 Å². The van der Waals surface area contributed by atoms with Gasteiger partial charge in [0.15, 0.2) is 0 Å². The number of nitrogens with zero attached hydrogens (tertiary/aromatic N) is 1. The van der Waals surface area contributed by atoms with Crippen LogP contribution in [0.3, 0.4) is 0 Å². The van der Waals surface area contributed by atoms with Gasteiger partial charge >= 0.3 is 0 Å². The Labute approximate surface area is 138 Å². The molecule has 24 heavy (non-hydrogen) atoms. The van der Waals surface area contributed by atoms with Crippen molar-refractivity contribution in [3.8, 4) is 5.88 Å². The number of ether oxygens (including phenoxy) is 1. The third kappa shape index (κ3) is 3.76. The van der Waals surface area contributed by atoms with Crippen molar-refractivity contribution in [3.63, 3.8) is 0 Å². The first-order valence-corrected chi connectivity index (χ1v) is 7.41. The molecule has 4 nitrogen and oxygen atoms in total. The van der Waals surface area contributed by atoms with E-state index in [1.54, 1.807) is 60.8 Å². The molecule has 0 unspecified atom stereocenters. The largest absolute Gasteiger partial charge is 0.471 e. The van der Waals surface area contributed by atoms with Gasteiger partial charge in [-0.3, -0.25) is 4.79 Å². The van der Waals surface area contributed by atoms with Crippen LogP contribution in [0, 0.1) is 5.82 Å². The Morgan fingerprint density at radius 1 is 1.00 bits per heavy atom. The molecule has 1 heterocycles. The maximum atomic E-state index is 13.7. The minimum Gasteiger partial charge on any atom is -0.471 e. The number of aromatic nitrogens is 1. The summed E-state index contributed by atoms with van der Waals surface area (Å²) in [5, 5.41) is 2.76. The van der Waals surface area contributed by atoms with E-state index in [1.165, 1.54) is 6.07 Å². The van der Waals surface area contributed by atoms with Gasteiger partial charge in [0.2, 0.25) is 5.88 Å². The molecular weight excluding hydrogens is 307 g/mol. The zero-order chi connectivity index (χ0) is 16.8. The number of amides is 1. The third-order valence-corrected chi connectivity index (χ3v) is 3.38. The van der Waals surface area contributed by atoms with Gasteiger partial charge < -0.3 is 10.1 Å². The number of carbonyl (C=O) groups excluding carboxylic acids is 1. The first-order valence-electron chi connectivity index (χ1n) is 7.41. The molecule has 0 radical (unpaired) electrons. The molecule has 0 saturated heterocycles. The molecule has 2 aromatic carbocycles. The van der Waals surface area contributed by atoms with Crippen LogP contribution in [0.5, 0.6) is 5.88 Å². The van der Waals surface area contributed by atoms with Crippen molar-refractivity contribution in [1.82, 2.24) is 4.98 Å². The summed E-state index contributed by atoms with van der Waals surface area (Å²) in [6.07, 6.45) is 1.55. The van der Waals surface area contributed by atoms with Crippen LogP contribution in [-0.2, 0) is 6.61 Å². The SMILES string of the molecule is O=C(Nc1cccnc1OCc1ccccc1F)c1ccccc1. The number of carbonyl (C=O) groups is 1. The lowest BCUT2D eigenvalue weighted by atomic mass is 10.2. The summed E-state index contributed by atoms with van der Waals surface area (Å²) in [5.74, 6) is -0.368. The molecule has 0 bridgehead atoms. The molecule has 1 amide bonds. The van der Waals surface area contributed by atoms with Gasteiger partial charge in [0.05, 0.1) is 0 Å². The summed E-state index contributed by atoms with van der Waals surface area (Å²) in [6.45, 7) is 0.0257. The van der Waals surface area contributed by atoms with Crippen LogP contribution in [0.4, 0.5) is 10.1 Å². The summed E-state index contributed by atoms with van der Waals surface area (Å²) in [6, 6.07) is 18.6. The molecule has 3 rings (SSSR count). The quantitative estimate of drug-likeness (QED) is 0.771. The summed E-state index contributed by atoms with van der Waals surface area (Å²) >= 11 is 0. The monoisotopic (exact) mass is 322 g/mol. The molecule has 3 aromatic rings. The minimum atomic E-state index is -0.344. The van der Waals surface area contributed by atoms with E-state index >= 15 is 0 Å². The first kappa shape index (κ1) is 15.7. The third-order valence-electron chi connectivity index (χ3n) is 3.38.